The molecule has 1 aromatic heterocycles. The van der Waals surface area contributed by atoms with E-state index in [1.54, 1.807) is 0 Å². The van der Waals surface area contributed by atoms with Crippen LogP contribution in [0.5, 0.6) is 0 Å². The molecule has 1 heterocycles. The van der Waals surface area contributed by atoms with Gasteiger partial charge < -0.3 is 0 Å². The third-order valence-electron chi connectivity index (χ3n) is 2.65. The van der Waals surface area contributed by atoms with E-state index in [4.69, 9.17) is 12.2 Å². The molecule has 1 N–H and O–H groups in total. The predicted octanol–water partition coefficient (Wildman–Crippen LogP) is 3.97. The topological polar surface area (TPSA) is 20.7 Å². The number of hydrogen-bond acceptors (Lipinski definition) is 1. The number of nitrogens with one attached hydrogen (secondary N) is 1. The first kappa shape index (κ1) is 11.1. The fraction of sp³-hybridized carbons (Fsp3) is 0.308. The van der Waals surface area contributed by atoms with Gasteiger partial charge in [0.1, 0.15) is 4.64 Å². The van der Waals surface area contributed by atoms with Crippen LogP contribution in [0.25, 0.3) is 5.69 Å². The van der Waals surface area contributed by atoms with Gasteiger partial charge in [0.2, 0.25) is 0 Å². The zero-order valence-corrected chi connectivity index (χ0v) is 10.6. The highest BCUT2D eigenvalue weighted by Gasteiger charge is 2.05. The third-order valence-corrected chi connectivity index (χ3v) is 2.95. The van der Waals surface area contributed by atoms with Gasteiger partial charge in [-0.15, -0.1) is 0 Å². The third kappa shape index (κ3) is 2.09. The van der Waals surface area contributed by atoms with E-state index in [2.05, 4.69) is 50.1 Å². The standard InChI is InChI=1S/C13H16N2S/c1-9(2)12-8-13(16)15(14-12)11-6-4-10(3)5-7-11/h4-9,14H,1-3H3. The molecule has 0 atom stereocenters. The number of aryl methyl sites for hydroxylation is 1. The molecule has 2 nitrogen and oxygen atoms in total. The first-order chi connectivity index (χ1) is 7.58. The van der Waals surface area contributed by atoms with Crippen LogP contribution in [0, 0.1) is 11.6 Å². The lowest BCUT2D eigenvalue weighted by Crippen LogP contribution is -1.98. The zero-order valence-electron chi connectivity index (χ0n) is 9.82. The van der Waals surface area contributed by atoms with E-state index in [0.717, 1.165) is 10.3 Å². The molecule has 2 rings (SSSR count). The summed E-state index contributed by atoms with van der Waals surface area (Å²) in [5, 5.41) is 3.33. The maximum Gasteiger partial charge on any atom is 0.127 e. The van der Waals surface area contributed by atoms with Crippen LogP contribution in [0.4, 0.5) is 0 Å². The van der Waals surface area contributed by atoms with E-state index in [1.807, 2.05) is 10.7 Å². The molecule has 0 spiro atoms. The van der Waals surface area contributed by atoms with Gasteiger partial charge in [0.25, 0.3) is 0 Å². The number of hydrogen-bond donors (Lipinski definition) is 1. The Morgan fingerprint density at radius 3 is 2.31 bits per heavy atom. The molecule has 16 heavy (non-hydrogen) atoms. The molecule has 0 aliphatic rings. The van der Waals surface area contributed by atoms with Crippen LogP contribution < -0.4 is 0 Å². The van der Waals surface area contributed by atoms with Gasteiger partial charge in [-0.25, -0.2) is 4.68 Å². The molecular weight excluding hydrogens is 216 g/mol. The summed E-state index contributed by atoms with van der Waals surface area (Å²) in [5.41, 5.74) is 3.51. The molecule has 0 amide bonds. The molecular formula is C13H16N2S. The quantitative estimate of drug-likeness (QED) is 0.777. The van der Waals surface area contributed by atoms with Gasteiger partial charge in [-0.3, -0.25) is 5.10 Å². The van der Waals surface area contributed by atoms with Gasteiger partial charge in [0, 0.05) is 5.69 Å². The van der Waals surface area contributed by atoms with Crippen molar-refractivity contribution in [2.24, 2.45) is 0 Å². The van der Waals surface area contributed by atoms with Gasteiger partial charge in [-0.1, -0.05) is 43.8 Å². The van der Waals surface area contributed by atoms with E-state index >= 15 is 0 Å². The largest absolute Gasteiger partial charge is 0.297 e. The molecule has 0 bridgehead atoms. The molecule has 3 heteroatoms. The monoisotopic (exact) mass is 232 g/mol. The Morgan fingerprint density at radius 2 is 1.81 bits per heavy atom. The highest BCUT2D eigenvalue weighted by molar-refractivity contribution is 7.71. The van der Waals surface area contributed by atoms with Crippen molar-refractivity contribution in [3.05, 3.63) is 46.2 Å². The summed E-state index contributed by atoms with van der Waals surface area (Å²) in [5.74, 6) is 0.466. The predicted molar refractivity (Wildman–Crippen MR) is 69.8 cm³/mol. The number of H-pyrrole nitrogens is 1. The Hall–Kier alpha value is -1.35. The molecule has 0 saturated carbocycles. The normalized spacial score (nSPS) is 11.0. The first-order valence-corrected chi connectivity index (χ1v) is 5.88. The van der Waals surface area contributed by atoms with E-state index in [1.165, 1.54) is 11.3 Å². The number of rotatable bonds is 2. The molecule has 0 aliphatic heterocycles. The fourth-order valence-electron chi connectivity index (χ4n) is 1.60. The van der Waals surface area contributed by atoms with Gasteiger partial charge in [0.15, 0.2) is 0 Å². The second-order valence-corrected chi connectivity index (χ2v) is 4.79. The van der Waals surface area contributed by atoms with Crippen molar-refractivity contribution in [2.45, 2.75) is 26.7 Å². The second-order valence-electron chi connectivity index (χ2n) is 4.38. The number of aromatic amines is 1. The van der Waals surface area contributed by atoms with E-state index < -0.39 is 0 Å². The van der Waals surface area contributed by atoms with Crippen molar-refractivity contribution in [3.8, 4) is 5.69 Å². The summed E-state index contributed by atoms with van der Waals surface area (Å²) in [7, 11) is 0. The minimum Gasteiger partial charge on any atom is -0.297 e. The van der Waals surface area contributed by atoms with Gasteiger partial charge in [0.05, 0.1) is 5.69 Å². The Kier molecular flexibility index (Phi) is 2.97. The summed E-state index contributed by atoms with van der Waals surface area (Å²) in [6, 6.07) is 10.4. The smallest absolute Gasteiger partial charge is 0.127 e. The van der Waals surface area contributed by atoms with Crippen LogP contribution in [0.2, 0.25) is 0 Å². The van der Waals surface area contributed by atoms with Crippen LogP contribution in [-0.2, 0) is 0 Å². The molecule has 0 aliphatic carbocycles. The van der Waals surface area contributed by atoms with Gasteiger partial charge in [-0.05, 0) is 31.0 Å². The molecule has 84 valence electrons. The van der Waals surface area contributed by atoms with E-state index in [9.17, 15) is 0 Å². The van der Waals surface area contributed by atoms with Crippen LogP contribution in [0.3, 0.4) is 0 Å². The number of nitrogens with zero attached hydrogens (tertiary/aromatic N) is 1. The van der Waals surface area contributed by atoms with Crippen molar-refractivity contribution >= 4 is 12.2 Å². The van der Waals surface area contributed by atoms with Crippen molar-refractivity contribution in [1.82, 2.24) is 9.78 Å². The maximum atomic E-state index is 5.34. The number of benzene rings is 1. The minimum atomic E-state index is 0.466. The lowest BCUT2D eigenvalue weighted by Gasteiger charge is -2.04. The number of aromatic nitrogens is 2. The highest BCUT2D eigenvalue weighted by Crippen LogP contribution is 2.16. The molecule has 2 aromatic rings. The van der Waals surface area contributed by atoms with E-state index in [0.29, 0.717) is 5.92 Å². The van der Waals surface area contributed by atoms with E-state index in [-0.39, 0.29) is 0 Å². The summed E-state index contributed by atoms with van der Waals surface area (Å²) in [6.07, 6.45) is 0. The van der Waals surface area contributed by atoms with Crippen LogP contribution in [0.15, 0.2) is 30.3 Å². The SMILES string of the molecule is Cc1ccc(-n2[nH]c(C(C)C)cc2=S)cc1. The first-order valence-electron chi connectivity index (χ1n) is 5.47. The van der Waals surface area contributed by atoms with Crippen molar-refractivity contribution in [1.29, 1.82) is 0 Å². The Balaban J connectivity index is 2.48. The van der Waals surface area contributed by atoms with Crippen LogP contribution in [0.1, 0.15) is 31.0 Å². The van der Waals surface area contributed by atoms with Crippen molar-refractivity contribution < 1.29 is 0 Å². The van der Waals surface area contributed by atoms with Crippen molar-refractivity contribution in [3.63, 3.8) is 0 Å². The fourth-order valence-corrected chi connectivity index (χ4v) is 1.87. The summed E-state index contributed by atoms with van der Waals surface area (Å²) < 4.78 is 2.77. The molecule has 1 aromatic carbocycles. The van der Waals surface area contributed by atoms with Gasteiger partial charge in [-0.2, -0.15) is 0 Å². The van der Waals surface area contributed by atoms with Gasteiger partial charge >= 0.3 is 0 Å². The summed E-state index contributed by atoms with van der Waals surface area (Å²) in [4.78, 5) is 0. The highest BCUT2D eigenvalue weighted by atomic mass is 32.1. The molecule has 0 saturated heterocycles. The maximum absolute atomic E-state index is 5.34. The average Bonchev–Trinajstić information content (AvgIpc) is 2.62. The van der Waals surface area contributed by atoms with Crippen molar-refractivity contribution in [2.75, 3.05) is 0 Å². The summed E-state index contributed by atoms with van der Waals surface area (Å²) >= 11 is 5.34. The molecule has 0 radical (unpaired) electrons. The Bertz CT molecular complexity index is 532. The molecule has 0 unspecified atom stereocenters. The Morgan fingerprint density at radius 1 is 1.19 bits per heavy atom. The zero-order chi connectivity index (χ0) is 11.7. The minimum absolute atomic E-state index is 0.466. The second kappa shape index (κ2) is 4.26. The summed E-state index contributed by atoms with van der Waals surface area (Å²) in [6.45, 7) is 6.39. The lowest BCUT2D eigenvalue weighted by atomic mass is 10.1. The molecule has 0 fully saturated rings. The van der Waals surface area contributed by atoms with Crippen LogP contribution in [-0.4, -0.2) is 9.78 Å². The Labute approximate surface area is 101 Å². The average molecular weight is 232 g/mol. The van der Waals surface area contributed by atoms with Crippen LogP contribution >= 0.6 is 12.2 Å². The lowest BCUT2D eigenvalue weighted by molar-refractivity contribution is 0.765.